The van der Waals surface area contributed by atoms with Gasteiger partial charge in [-0.15, -0.1) is 0 Å². The highest BCUT2D eigenvalue weighted by Gasteiger charge is 2.22. The number of ether oxygens (including phenoxy) is 1. The zero-order chi connectivity index (χ0) is 18.4. The number of piperidine rings is 1. The molecule has 0 spiro atoms. The van der Waals surface area contributed by atoms with E-state index in [1.54, 1.807) is 0 Å². The lowest BCUT2D eigenvalue weighted by Crippen LogP contribution is -2.48. The van der Waals surface area contributed by atoms with E-state index in [0.29, 0.717) is 37.8 Å². The smallest absolute Gasteiger partial charge is 0.407 e. The fraction of sp³-hybridized carbons (Fsp3) is 0.632. The van der Waals surface area contributed by atoms with Crippen molar-refractivity contribution in [2.24, 2.45) is 0 Å². The molecular weight excluding hydrogens is 354 g/mol. The molecule has 0 saturated carbocycles. The van der Waals surface area contributed by atoms with Gasteiger partial charge in [-0.25, -0.2) is 4.79 Å². The molecule has 2 aliphatic rings. The maximum absolute atomic E-state index is 11.0. The van der Waals surface area contributed by atoms with Crippen LogP contribution >= 0.6 is 11.6 Å². The van der Waals surface area contributed by atoms with E-state index in [1.807, 2.05) is 18.2 Å². The molecule has 2 heterocycles. The number of anilines is 1. The van der Waals surface area contributed by atoms with Crippen molar-refractivity contribution >= 4 is 23.4 Å². The third-order valence-electron chi connectivity index (χ3n) is 5.15. The van der Waals surface area contributed by atoms with Crippen molar-refractivity contribution in [3.63, 3.8) is 0 Å². The van der Waals surface area contributed by atoms with Gasteiger partial charge in [0.25, 0.3) is 0 Å². The molecule has 3 rings (SSSR count). The number of nitrogens with zero attached hydrogens (tertiary/aromatic N) is 3. The van der Waals surface area contributed by atoms with Crippen molar-refractivity contribution in [3.05, 3.63) is 23.2 Å². The highest BCUT2D eigenvalue weighted by molar-refractivity contribution is 6.33. The molecule has 144 valence electrons. The van der Waals surface area contributed by atoms with Crippen LogP contribution < -0.4 is 9.64 Å². The molecule has 2 fully saturated rings. The number of amides is 1. The number of halogens is 1. The number of rotatable bonds is 6. The van der Waals surface area contributed by atoms with Crippen molar-refractivity contribution in [3.8, 4) is 5.75 Å². The molecule has 1 N–H and O–H groups in total. The molecule has 0 aliphatic carbocycles. The van der Waals surface area contributed by atoms with Gasteiger partial charge in [0.1, 0.15) is 5.75 Å². The van der Waals surface area contributed by atoms with Crippen LogP contribution in [0.4, 0.5) is 10.5 Å². The first-order valence-electron chi connectivity index (χ1n) is 9.51. The van der Waals surface area contributed by atoms with E-state index in [0.717, 1.165) is 24.4 Å². The largest absolute Gasteiger partial charge is 0.493 e. The number of carbonyl (C=O) groups is 1. The summed E-state index contributed by atoms with van der Waals surface area (Å²) in [6.45, 7) is 6.54. The Morgan fingerprint density at radius 3 is 2.46 bits per heavy atom. The molecule has 0 radical (unpaired) electrons. The predicted molar refractivity (Wildman–Crippen MR) is 104 cm³/mol. The fourth-order valence-corrected chi connectivity index (χ4v) is 3.92. The minimum absolute atomic E-state index is 0.500. The van der Waals surface area contributed by atoms with Gasteiger partial charge in [-0.3, -0.25) is 0 Å². The summed E-state index contributed by atoms with van der Waals surface area (Å²) >= 11 is 6.44. The number of piperazine rings is 1. The molecule has 1 aromatic carbocycles. The first kappa shape index (κ1) is 19.1. The molecule has 0 unspecified atom stereocenters. The molecule has 2 aliphatic heterocycles. The summed E-state index contributed by atoms with van der Waals surface area (Å²) in [7, 11) is 0. The molecule has 1 amide bonds. The highest BCUT2D eigenvalue weighted by atomic mass is 35.5. The third kappa shape index (κ3) is 5.17. The average molecular weight is 382 g/mol. The molecular formula is C19H28ClN3O3. The van der Waals surface area contributed by atoms with Gasteiger partial charge < -0.3 is 24.5 Å². The van der Waals surface area contributed by atoms with E-state index in [2.05, 4.69) is 9.80 Å². The van der Waals surface area contributed by atoms with Crippen molar-refractivity contribution in [2.75, 3.05) is 57.3 Å². The maximum Gasteiger partial charge on any atom is 0.407 e. The van der Waals surface area contributed by atoms with Crippen molar-refractivity contribution in [1.82, 2.24) is 9.80 Å². The normalized spacial score (nSPS) is 18.8. The van der Waals surface area contributed by atoms with Gasteiger partial charge in [-0.2, -0.15) is 0 Å². The van der Waals surface area contributed by atoms with Gasteiger partial charge in [0.15, 0.2) is 0 Å². The lowest BCUT2D eigenvalue weighted by Gasteiger charge is -2.35. The summed E-state index contributed by atoms with van der Waals surface area (Å²) in [5, 5.41) is 9.69. The van der Waals surface area contributed by atoms with Gasteiger partial charge in [0.05, 0.1) is 17.3 Å². The minimum Gasteiger partial charge on any atom is -0.493 e. The Morgan fingerprint density at radius 1 is 1.08 bits per heavy atom. The van der Waals surface area contributed by atoms with Crippen LogP contribution in [-0.4, -0.2) is 73.4 Å². The van der Waals surface area contributed by atoms with Crippen LogP contribution in [0, 0.1) is 0 Å². The van der Waals surface area contributed by atoms with E-state index in [-0.39, 0.29) is 0 Å². The lowest BCUT2D eigenvalue weighted by atomic mass is 10.1. The summed E-state index contributed by atoms with van der Waals surface area (Å²) in [6.07, 6.45) is 4.17. The van der Waals surface area contributed by atoms with E-state index in [4.69, 9.17) is 21.4 Å². The number of benzene rings is 1. The SMILES string of the molecule is O=C(O)N1CCN(c2ccc(OCCCN3CCCCC3)cc2Cl)CC1. The second-order valence-corrected chi connectivity index (χ2v) is 7.38. The molecule has 2 saturated heterocycles. The molecule has 1 aromatic rings. The first-order chi connectivity index (χ1) is 12.6. The van der Waals surface area contributed by atoms with Crippen molar-refractivity contribution in [1.29, 1.82) is 0 Å². The molecule has 0 bridgehead atoms. The molecule has 26 heavy (non-hydrogen) atoms. The Balaban J connectivity index is 1.44. The summed E-state index contributed by atoms with van der Waals surface area (Å²) in [6, 6.07) is 5.78. The Morgan fingerprint density at radius 2 is 1.81 bits per heavy atom. The summed E-state index contributed by atoms with van der Waals surface area (Å²) in [4.78, 5) is 17.1. The van der Waals surface area contributed by atoms with Crippen LogP contribution in [0.15, 0.2) is 18.2 Å². The van der Waals surface area contributed by atoms with Crippen molar-refractivity contribution < 1.29 is 14.6 Å². The molecule has 7 heteroatoms. The van der Waals surface area contributed by atoms with Gasteiger partial charge in [0, 0.05) is 38.8 Å². The van der Waals surface area contributed by atoms with Crippen LogP contribution in [-0.2, 0) is 0 Å². The van der Waals surface area contributed by atoms with E-state index < -0.39 is 6.09 Å². The zero-order valence-electron chi connectivity index (χ0n) is 15.2. The van der Waals surface area contributed by atoms with Gasteiger partial charge >= 0.3 is 6.09 Å². The summed E-state index contributed by atoms with van der Waals surface area (Å²) < 4.78 is 5.85. The lowest BCUT2D eigenvalue weighted by molar-refractivity contribution is 0.142. The predicted octanol–water partition coefficient (Wildman–Crippen LogP) is 3.39. The topological polar surface area (TPSA) is 56.3 Å². The average Bonchev–Trinajstić information content (AvgIpc) is 2.66. The highest BCUT2D eigenvalue weighted by Crippen LogP contribution is 2.30. The minimum atomic E-state index is -0.857. The molecule has 0 atom stereocenters. The van der Waals surface area contributed by atoms with E-state index >= 15 is 0 Å². The summed E-state index contributed by atoms with van der Waals surface area (Å²) in [5.74, 6) is 0.793. The molecule has 6 nitrogen and oxygen atoms in total. The van der Waals surface area contributed by atoms with Gasteiger partial charge in [-0.1, -0.05) is 18.0 Å². The quantitative estimate of drug-likeness (QED) is 0.765. The second kappa shape index (κ2) is 9.33. The maximum atomic E-state index is 11.0. The van der Waals surface area contributed by atoms with Gasteiger partial charge in [0.2, 0.25) is 0 Å². The second-order valence-electron chi connectivity index (χ2n) is 6.97. The Bertz CT molecular complexity index is 600. The van der Waals surface area contributed by atoms with Crippen LogP contribution in [0.1, 0.15) is 25.7 Å². The van der Waals surface area contributed by atoms with Crippen LogP contribution in [0.2, 0.25) is 5.02 Å². The number of carboxylic acid groups (broad SMARTS) is 1. The monoisotopic (exact) mass is 381 g/mol. The van der Waals surface area contributed by atoms with Crippen molar-refractivity contribution in [2.45, 2.75) is 25.7 Å². The number of hydrogen-bond donors (Lipinski definition) is 1. The Hall–Kier alpha value is -1.66. The van der Waals surface area contributed by atoms with Gasteiger partial charge in [-0.05, 0) is 44.5 Å². The third-order valence-corrected chi connectivity index (χ3v) is 5.45. The van der Waals surface area contributed by atoms with Crippen LogP contribution in [0.5, 0.6) is 5.75 Å². The van der Waals surface area contributed by atoms with Crippen LogP contribution in [0.25, 0.3) is 0 Å². The van der Waals surface area contributed by atoms with E-state index in [1.165, 1.54) is 37.3 Å². The fourth-order valence-electron chi connectivity index (χ4n) is 3.63. The van der Waals surface area contributed by atoms with E-state index in [9.17, 15) is 4.79 Å². The number of hydrogen-bond acceptors (Lipinski definition) is 4. The molecule has 0 aromatic heterocycles. The van der Waals surface area contributed by atoms with Crippen LogP contribution in [0.3, 0.4) is 0 Å². The first-order valence-corrected chi connectivity index (χ1v) is 9.89. The zero-order valence-corrected chi connectivity index (χ0v) is 16.0. The standard InChI is InChI=1S/C19H28ClN3O3/c20-17-15-16(26-14-4-9-21-7-2-1-3-8-21)5-6-18(17)22-10-12-23(13-11-22)19(24)25/h5-6,15H,1-4,7-14H2,(H,24,25). The Kier molecular flexibility index (Phi) is 6.86. The Labute approximate surface area is 160 Å². The summed E-state index contributed by atoms with van der Waals surface area (Å²) in [5.41, 5.74) is 0.942. The number of likely N-dealkylation sites (tertiary alicyclic amines) is 1.